The minimum Gasteiger partial charge on any atom is -0.492 e. The van der Waals surface area contributed by atoms with Gasteiger partial charge in [-0.05, 0) is 18.2 Å². The van der Waals surface area contributed by atoms with Gasteiger partial charge >= 0.3 is 0 Å². The molecule has 1 fully saturated rings. The number of nitrogens with one attached hydrogen (secondary N) is 1. The molecule has 1 aliphatic heterocycles. The number of ether oxygens (including phenoxy) is 1. The molecule has 1 aliphatic rings. The maximum Gasteiger partial charge on any atom is 0.224 e. The number of carbonyl (C=O) groups excluding carboxylic acids is 1. The first-order chi connectivity index (χ1) is 10.1. The summed E-state index contributed by atoms with van der Waals surface area (Å²) < 4.78 is 5.60. The normalized spacial score (nSPS) is 18.3. The number of hydrogen-bond donors (Lipinski definition) is 1. The molecule has 1 atom stereocenters. The fraction of sp³-hybridized carbons (Fsp3) is 0.533. The highest BCUT2D eigenvalue weighted by molar-refractivity contribution is 7.99. The van der Waals surface area contributed by atoms with E-state index in [1.165, 1.54) is 0 Å². The second kappa shape index (κ2) is 8.51. The Morgan fingerprint density at radius 2 is 2.43 bits per heavy atom. The third kappa shape index (κ3) is 5.77. The minimum absolute atomic E-state index is 0.157. The van der Waals surface area contributed by atoms with E-state index in [2.05, 4.69) is 5.32 Å². The van der Waals surface area contributed by atoms with E-state index in [-0.39, 0.29) is 5.91 Å². The summed E-state index contributed by atoms with van der Waals surface area (Å²) in [7, 11) is 1.82. The molecule has 21 heavy (non-hydrogen) atoms. The van der Waals surface area contributed by atoms with Crippen molar-refractivity contribution in [2.24, 2.45) is 0 Å². The number of amides is 1. The fourth-order valence-corrected chi connectivity index (χ4v) is 3.23. The molecular formula is C15H21ClN2O2S. The first-order valence-corrected chi connectivity index (χ1v) is 8.62. The minimum atomic E-state index is 0.157. The third-order valence-electron chi connectivity index (χ3n) is 3.34. The van der Waals surface area contributed by atoms with Crippen LogP contribution >= 0.6 is 23.4 Å². The Morgan fingerprint density at radius 1 is 1.57 bits per heavy atom. The SMILES string of the molecule is CN(CCOc1cccc(Cl)c1)C(=O)CC1CSCCN1. The predicted molar refractivity (Wildman–Crippen MR) is 88.3 cm³/mol. The summed E-state index contributed by atoms with van der Waals surface area (Å²) in [5, 5.41) is 4.03. The Morgan fingerprint density at radius 3 is 3.14 bits per heavy atom. The first kappa shape index (κ1) is 16.5. The molecule has 0 bridgehead atoms. The molecule has 0 spiro atoms. The zero-order chi connectivity index (χ0) is 15.1. The van der Waals surface area contributed by atoms with Crippen LogP contribution in [0.3, 0.4) is 0 Å². The lowest BCUT2D eigenvalue weighted by atomic mass is 10.2. The van der Waals surface area contributed by atoms with Crippen molar-refractivity contribution in [2.75, 3.05) is 38.2 Å². The Balaban J connectivity index is 1.68. The lowest BCUT2D eigenvalue weighted by Gasteiger charge is -2.25. The summed E-state index contributed by atoms with van der Waals surface area (Å²) in [6, 6.07) is 7.58. The van der Waals surface area contributed by atoms with Crippen LogP contribution in [-0.2, 0) is 4.79 Å². The molecule has 116 valence electrons. The molecule has 1 aromatic carbocycles. The van der Waals surface area contributed by atoms with Crippen molar-refractivity contribution in [3.8, 4) is 5.75 Å². The molecule has 2 rings (SSSR count). The van der Waals surface area contributed by atoms with Gasteiger partial charge in [0.25, 0.3) is 0 Å². The van der Waals surface area contributed by atoms with Gasteiger partial charge in [0, 0.05) is 42.6 Å². The van der Waals surface area contributed by atoms with Crippen molar-refractivity contribution < 1.29 is 9.53 Å². The number of benzene rings is 1. The van der Waals surface area contributed by atoms with Gasteiger partial charge in [0.1, 0.15) is 12.4 Å². The molecule has 4 nitrogen and oxygen atoms in total. The number of halogens is 1. The number of likely N-dealkylation sites (N-methyl/N-ethyl adjacent to an activating group) is 1. The summed E-state index contributed by atoms with van der Waals surface area (Å²) in [6.45, 7) is 2.03. The van der Waals surface area contributed by atoms with E-state index in [1.54, 1.807) is 17.0 Å². The van der Waals surface area contributed by atoms with Crippen LogP contribution in [0, 0.1) is 0 Å². The van der Waals surface area contributed by atoms with Crippen LogP contribution in [0.2, 0.25) is 5.02 Å². The average Bonchev–Trinajstić information content (AvgIpc) is 2.48. The zero-order valence-corrected chi connectivity index (χ0v) is 13.8. The Bertz CT molecular complexity index is 467. The Kier molecular flexibility index (Phi) is 6.67. The van der Waals surface area contributed by atoms with Gasteiger partial charge < -0.3 is 15.0 Å². The van der Waals surface area contributed by atoms with Crippen LogP contribution in [0.5, 0.6) is 5.75 Å². The highest BCUT2D eigenvalue weighted by Gasteiger charge is 2.18. The monoisotopic (exact) mass is 328 g/mol. The highest BCUT2D eigenvalue weighted by atomic mass is 35.5. The molecule has 1 saturated heterocycles. The predicted octanol–water partition coefficient (Wildman–Crippen LogP) is 2.27. The van der Waals surface area contributed by atoms with Crippen molar-refractivity contribution in [3.63, 3.8) is 0 Å². The summed E-state index contributed by atoms with van der Waals surface area (Å²) in [5.41, 5.74) is 0. The molecular weight excluding hydrogens is 308 g/mol. The second-order valence-corrected chi connectivity index (χ2v) is 6.64. The van der Waals surface area contributed by atoms with Crippen LogP contribution in [0.1, 0.15) is 6.42 Å². The van der Waals surface area contributed by atoms with E-state index >= 15 is 0 Å². The quantitative estimate of drug-likeness (QED) is 0.870. The maximum absolute atomic E-state index is 12.1. The van der Waals surface area contributed by atoms with Crippen molar-refractivity contribution in [1.29, 1.82) is 0 Å². The van der Waals surface area contributed by atoms with Crippen LogP contribution in [0.25, 0.3) is 0 Å². The van der Waals surface area contributed by atoms with Crippen molar-refractivity contribution in [1.82, 2.24) is 10.2 Å². The topological polar surface area (TPSA) is 41.6 Å². The standard InChI is InChI=1S/C15H21ClN2O2S/c1-18(15(19)10-13-11-21-8-5-17-13)6-7-20-14-4-2-3-12(16)9-14/h2-4,9,13,17H,5-8,10-11H2,1H3. The smallest absolute Gasteiger partial charge is 0.224 e. The van der Waals surface area contributed by atoms with Crippen LogP contribution in [0.15, 0.2) is 24.3 Å². The average molecular weight is 329 g/mol. The lowest BCUT2D eigenvalue weighted by Crippen LogP contribution is -2.42. The number of thioether (sulfide) groups is 1. The lowest BCUT2D eigenvalue weighted by molar-refractivity contribution is -0.130. The second-order valence-electron chi connectivity index (χ2n) is 5.05. The van der Waals surface area contributed by atoms with Gasteiger partial charge in [0.2, 0.25) is 5.91 Å². The van der Waals surface area contributed by atoms with E-state index in [0.29, 0.717) is 30.6 Å². The number of carbonyl (C=O) groups is 1. The molecule has 0 aliphatic carbocycles. The van der Waals surface area contributed by atoms with Gasteiger partial charge in [0.05, 0.1) is 6.54 Å². The van der Waals surface area contributed by atoms with Crippen molar-refractivity contribution in [3.05, 3.63) is 29.3 Å². The molecule has 0 radical (unpaired) electrons. The van der Waals surface area contributed by atoms with E-state index in [9.17, 15) is 4.79 Å². The molecule has 0 aromatic heterocycles. The van der Waals surface area contributed by atoms with E-state index < -0.39 is 0 Å². The van der Waals surface area contributed by atoms with E-state index in [4.69, 9.17) is 16.3 Å². The molecule has 1 aromatic rings. The number of nitrogens with zero attached hydrogens (tertiary/aromatic N) is 1. The largest absolute Gasteiger partial charge is 0.492 e. The maximum atomic E-state index is 12.1. The van der Waals surface area contributed by atoms with Gasteiger partial charge in [-0.3, -0.25) is 4.79 Å². The van der Waals surface area contributed by atoms with Gasteiger partial charge in [-0.2, -0.15) is 11.8 Å². The fourth-order valence-electron chi connectivity index (χ4n) is 2.10. The highest BCUT2D eigenvalue weighted by Crippen LogP contribution is 2.17. The van der Waals surface area contributed by atoms with Gasteiger partial charge in [-0.25, -0.2) is 0 Å². The molecule has 0 saturated carbocycles. The van der Waals surface area contributed by atoms with Crippen LogP contribution in [-0.4, -0.2) is 55.1 Å². The molecule has 1 amide bonds. The number of rotatable bonds is 6. The summed E-state index contributed by atoms with van der Waals surface area (Å²) >= 11 is 7.79. The van der Waals surface area contributed by atoms with Gasteiger partial charge in [-0.1, -0.05) is 17.7 Å². The van der Waals surface area contributed by atoms with Gasteiger partial charge in [0.15, 0.2) is 0 Å². The molecule has 1 N–H and O–H groups in total. The van der Waals surface area contributed by atoms with Crippen molar-refractivity contribution in [2.45, 2.75) is 12.5 Å². The Labute approximate surface area is 135 Å². The summed E-state index contributed by atoms with van der Waals surface area (Å²) in [5.74, 6) is 3.03. The van der Waals surface area contributed by atoms with Crippen LogP contribution < -0.4 is 10.1 Å². The zero-order valence-electron chi connectivity index (χ0n) is 12.2. The molecule has 1 heterocycles. The summed E-state index contributed by atoms with van der Waals surface area (Å²) in [6.07, 6.45) is 0.556. The molecule has 6 heteroatoms. The Hall–Kier alpha value is -0.910. The summed E-state index contributed by atoms with van der Waals surface area (Å²) in [4.78, 5) is 13.8. The van der Waals surface area contributed by atoms with Crippen LogP contribution in [0.4, 0.5) is 0 Å². The van der Waals surface area contributed by atoms with Gasteiger partial charge in [-0.15, -0.1) is 0 Å². The third-order valence-corrected chi connectivity index (χ3v) is 4.70. The number of hydrogen-bond acceptors (Lipinski definition) is 4. The first-order valence-electron chi connectivity index (χ1n) is 7.08. The van der Waals surface area contributed by atoms with Crippen molar-refractivity contribution >= 4 is 29.3 Å². The van der Waals surface area contributed by atoms with E-state index in [0.717, 1.165) is 23.8 Å². The molecule has 1 unspecified atom stereocenters. The van der Waals surface area contributed by atoms with E-state index in [1.807, 2.05) is 30.9 Å².